The Bertz CT molecular complexity index is 1250. The summed E-state index contributed by atoms with van der Waals surface area (Å²) in [4.78, 5) is 3.62. The van der Waals surface area contributed by atoms with Gasteiger partial charge in [0.15, 0.2) is 0 Å². The van der Waals surface area contributed by atoms with Crippen molar-refractivity contribution in [3.05, 3.63) is 48.5 Å². The molecule has 0 radical (unpaired) electrons. The van der Waals surface area contributed by atoms with Gasteiger partial charge in [-0.2, -0.15) is 0 Å². The molecule has 0 fully saturated rings. The summed E-state index contributed by atoms with van der Waals surface area (Å²) in [6.07, 6.45) is 0. The fourth-order valence-corrected chi connectivity index (χ4v) is 5.58. The van der Waals surface area contributed by atoms with Gasteiger partial charge in [-0.05, 0) is 35.0 Å². The van der Waals surface area contributed by atoms with Gasteiger partial charge < -0.3 is 4.98 Å². The number of H-pyrrole nitrogens is 1. The average molecular weight is 295 g/mol. The van der Waals surface area contributed by atoms with E-state index in [1.807, 2.05) is 11.3 Å². The van der Waals surface area contributed by atoms with Crippen molar-refractivity contribution in [2.45, 2.75) is 0 Å². The molecule has 0 aliphatic carbocycles. The topological polar surface area (TPSA) is 15.8 Å². The van der Waals surface area contributed by atoms with Crippen LogP contribution in [-0.4, -0.2) is 4.98 Å². The highest BCUT2D eigenvalue weighted by Crippen LogP contribution is 2.50. The summed E-state index contributed by atoms with van der Waals surface area (Å²) in [6, 6.07) is 18.1. The third-order valence-electron chi connectivity index (χ3n) is 5.29. The normalized spacial score (nSPS) is 13.5. The largest absolute Gasteiger partial charge is 0.354 e. The zero-order valence-corrected chi connectivity index (χ0v) is 12.3. The summed E-state index contributed by atoms with van der Waals surface area (Å²) in [7, 11) is 0. The molecular weight excluding hydrogens is 286 g/mol. The number of aromatic amines is 1. The third kappa shape index (κ3) is 0.871. The van der Waals surface area contributed by atoms with Gasteiger partial charge in [0.1, 0.15) is 0 Å². The number of nitrogens with one attached hydrogen (secondary N) is 1. The number of hydrogen-bond acceptors (Lipinski definition) is 1. The van der Waals surface area contributed by atoms with Crippen molar-refractivity contribution in [2.75, 3.05) is 0 Å². The molecule has 1 N–H and O–H groups in total. The fraction of sp³-hybridized carbons (Fsp3) is 0. The molecular formula is C20H9NS. The van der Waals surface area contributed by atoms with Gasteiger partial charge in [0.25, 0.3) is 0 Å². The molecule has 2 heteroatoms. The van der Waals surface area contributed by atoms with E-state index in [0.29, 0.717) is 0 Å². The highest BCUT2D eigenvalue weighted by Gasteiger charge is 2.22. The van der Waals surface area contributed by atoms with Crippen LogP contribution >= 0.6 is 11.3 Å². The van der Waals surface area contributed by atoms with Gasteiger partial charge in [-0.1, -0.05) is 24.3 Å². The third-order valence-corrected chi connectivity index (χ3v) is 6.41. The molecule has 1 nitrogen and oxygen atoms in total. The fourth-order valence-electron chi connectivity index (χ4n) is 4.46. The Hall–Kier alpha value is -2.58. The van der Waals surface area contributed by atoms with Crippen LogP contribution in [0.1, 0.15) is 0 Å². The summed E-state index contributed by atoms with van der Waals surface area (Å²) in [5.41, 5.74) is 2.52. The molecule has 0 saturated heterocycles. The summed E-state index contributed by atoms with van der Waals surface area (Å²) in [5.74, 6) is 0. The van der Waals surface area contributed by atoms with Crippen molar-refractivity contribution < 1.29 is 0 Å². The van der Waals surface area contributed by atoms with Gasteiger partial charge in [-0.25, -0.2) is 0 Å². The molecule has 7 aromatic rings. The Morgan fingerprint density at radius 2 is 1.00 bits per heavy atom. The number of rotatable bonds is 0. The van der Waals surface area contributed by atoms with E-state index in [9.17, 15) is 0 Å². The van der Waals surface area contributed by atoms with E-state index in [4.69, 9.17) is 0 Å². The van der Waals surface area contributed by atoms with Crippen LogP contribution in [0.2, 0.25) is 0 Å². The minimum atomic E-state index is 1.26. The lowest BCUT2D eigenvalue weighted by atomic mass is 9.90. The molecule has 0 atom stereocenters. The molecule has 0 saturated carbocycles. The van der Waals surface area contributed by atoms with Crippen molar-refractivity contribution in [3.63, 3.8) is 0 Å². The summed E-state index contributed by atoms with van der Waals surface area (Å²) >= 11 is 1.92. The summed E-state index contributed by atoms with van der Waals surface area (Å²) in [5, 5.41) is 11.4. The second kappa shape index (κ2) is 2.96. The first kappa shape index (κ1) is 10.2. The number of aromatic nitrogens is 1. The highest BCUT2D eigenvalue weighted by atomic mass is 32.1. The van der Waals surface area contributed by atoms with Crippen LogP contribution < -0.4 is 0 Å². The van der Waals surface area contributed by atoms with Crippen LogP contribution in [0, 0.1) is 0 Å². The summed E-state index contributed by atoms with van der Waals surface area (Å²) in [6.45, 7) is 0. The maximum absolute atomic E-state index is 3.62. The maximum Gasteiger partial charge on any atom is 0.0471 e. The second-order valence-corrected chi connectivity index (χ2v) is 7.36. The predicted octanol–water partition coefficient (Wildman–Crippen LogP) is 6.31. The smallest absolute Gasteiger partial charge is 0.0471 e. The molecule has 0 amide bonds. The Morgan fingerprint density at radius 3 is 1.55 bits per heavy atom. The lowest BCUT2D eigenvalue weighted by molar-refractivity contribution is 1.56. The first-order valence-electron chi connectivity index (χ1n) is 7.55. The Kier molecular flexibility index (Phi) is 1.37. The molecule has 2 heterocycles. The lowest BCUT2D eigenvalue weighted by Gasteiger charge is -2.11. The molecule has 7 rings (SSSR count). The van der Waals surface area contributed by atoms with Gasteiger partial charge in [0, 0.05) is 52.8 Å². The van der Waals surface area contributed by atoms with Crippen molar-refractivity contribution in [2.24, 2.45) is 0 Å². The maximum atomic E-state index is 3.62. The van der Waals surface area contributed by atoms with Gasteiger partial charge in [-0.15, -0.1) is 11.3 Å². The van der Waals surface area contributed by atoms with Crippen LogP contribution in [0.3, 0.4) is 0 Å². The van der Waals surface area contributed by atoms with E-state index in [1.54, 1.807) is 0 Å². The Labute approximate surface area is 128 Å². The van der Waals surface area contributed by atoms with Crippen LogP contribution in [0.5, 0.6) is 0 Å². The minimum Gasteiger partial charge on any atom is -0.354 e. The van der Waals surface area contributed by atoms with Gasteiger partial charge in [0.05, 0.1) is 0 Å². The number of hydrogen-bond donors (Lipinski definition) is 1. The van der Waals surface area contributed by atoms with Crippen molar-refractivity contribution in [1.29, 1.82) is 0 Å². The van der Waals surface area contributed by atoms with Gasteiger partial charge >= 0.3 is 0 Å². The molecule has 0 aliphatic heterocycles. The van der Waals surface area contributed by atoms with Gasteiger partial charge in [-0.3, -0.25) is 0 Å². The molecule has 5 aromatic carbocycles. The SMILES string of the molecule is c1cc2[nH]c3ccc4ccc5sc6ccc1c1c2c3c4c5c61. The Balaban J connectivity index is 2.15. The van der Waals surface area contributed by atoms with Crippen LogP contribution in [0.25, 0.3) is 63.5 Å². The van der Waals surface area contributed by atoms with E-state index >= 15 is 0 Å². The molecule has 0 bridgehead atoms. The second-order valence-electron chi connectivity index (χ2n) is 6.28. The van der Waals surface area contributed by atoms with Crippen molar-refractivity contribution in [1.82, 2.24) is 4.98 Å². The highest BCUT2D eigenvalue weighted by molar-refractivity contribution is 7.26. The van der Waals surface area contributed by atoms with Crippen LogP contribution in [0.4, 0.5) is 0 Å². The molecule has 0 unspecified atom stereocenters. The van der Waals surface area contributed by atoms with E-state index in [2.05, 4.69) is 53.5 Å². The standard InChI is InChI=1S/C20H9NS/c1-5-11-17-15-9(1)3-7-13-19(15)20-14(22-13)8-4-10-2-6-12(21-11)18(17)16(10)20/h1-8,21H. The zero-order valence-electron chi connectivity index (χ0n) is 11.5. The lowest BCUT2D eigenvalue weighted by Crippen LogP contribution is -1.84. The first-order chi connectivity index (χ1) is 10.9. The monoisotopic (exact) mass is 295 g/mol. The number of benzene rings is 5. The zero-order chi connectivity index (χ0) is 14.0. The Morgan fingerprint density at radius 1 is 0.500 bits per heavy atom. The quantitative estimate of drug-likeness (QED) is 0.249. The summed E-state index contributed by atoms with van der Waals surface area (Å²) < 4.78 is 2.82. The molecule has 0 aliphatic rings. The van der Waals surface area contributed by atoms with Crippen molar-refractivity contribution >= 4 is 74.9 Å². The van der Waals surface area contributed by atoms with Crippen LogP contribution in [0.15, 0.2) is 48.5 Å². The van der Waals surface area contributed by atoms with E-state index in [1.165, 1.54) is 63.5 Å². The van der Waals surface area contributed by atoms with E-state index in [-0.39, 0.29) is 0 Å². The first-order valence-corrected chi connectivity index (χ1v) is 8.37. The molecule has 22 heavy (non-hydrogen) atoms. The predicted molar refractivity (Wildman–Crippen MR) is 97.3 cm³/mol. The van der Waals surface area contributed by atoms with E-state index < -0.39 is 0 Å². The minimum absolute atomic E-state index is 1.26. The van der Waals surface area contributed by atoms with Crippen molar-refractivity contribution in [3.8, 4) is 0 Å². The number of thiophene rings is 1. The molecule has 100 valence electrons. The van der Waals surface area contributed by atoms with E-state index in [0.717, 1.165) is 0 Å². The van der Waals surface area contributed by atoms with Gasteiger partial charge in [0.2, 0.25) is 0 Å². The van der Waals surface area contributed by atoms with Crippen LogP contribution in [-0.2, 0) is 0 Å². The average Bonchev–Trinajstić information content (AvgIpc) is 3.12. The molecule has 2 aromatic heterocycles. The molecule has 0 spiro atoms.